The average molecular weight is 365 g/mol. The Morgan fingerprint density at radius 2 is 1.73 bits per heavy atom. The van der Waals surface area contributed by atoms with E-state index in [2.05, 4.69) is 5.32 Å². The Labute approximate surface area is 156 Å². The first-order valence-corrected chi connectivity index (χ1v) is 9.04. The molecule has 0 heterocycles. The first kappa shape index (κ1) is 21.8. The molecule has 0 fully saturated rings. The van der Waals surface area contributed by atoms with E-state index >= 15 is 0 Å². The second kappa shape index (κ2) is 10.0. The van der Waals surface area contributed by atoms with Crippen LogP contribution in [0, 0.1) is 0 Å². The summed E-state index contributed by atoms with van der Waals surface area (Å²) in [6.45, 7) is 10.7. The van der Waals surface area contributed by atoms with Crippen molar-refractivity contribution in [2.75, 3.05) is 0 Å². The number of nitrogens with one attached hydrogen (secondary N) is 1. The molecule has 0 aromatic heterocycles. The molecule has 0 bridgehead atoms. The third-order valence-electron chi connectivity index (χ3n) is 3.52. The third-order valence-corrected chi connectivity index (χ3v) is 3.52. The van der Waals surface area contributed by atoms with Crippen molar-refractivity contribution in [1.82, 2.24) is 5.32 Å². The van der Waals surface area contributed by atoms with Gasteiger partial charge in [0.25, 0.3) is 0 Å². The van der Waals surface area contributed by atoms with Gasteiger partial charge in [-0.3, -0.25) is 0 Å². The number of carbonyl (C=O) groups is 2. The van der Waals surface area contributed by atoms with Crippen LogP contribution in [-0.4, -0.2) is 35.9 Å². The fourth-order valence-corrected chi connectivity index (χ4v) is 2.26. The van der Waals surface area contributed by atoms with Gasteiger partial charge < -0.3 is 19.5 Å². The van der Waals surface area contributed by atoms with Crippen LogP contribution in [0.25, 0.3) is 0 Å². The van der Waals surface area contributed by atoms with Crippen LogP contribution in [0.5, 0.6) is 5.75 Å². The molecule has 1 rings (SSSR count). The maximum absolute atomic E-state index is 12.3. The second-order valence-electron chi connectivity index (χ2n) is 7.27. The summed E-state index contributed by atoms with van der Waals surface area (Å²) in [4.78, 5) is 24.1. The number of esters is 1. The zero-order chi connectivity index (χ0) is 19.7. The molecule has 0 aliphatic heterocycles. The van der Waals surface area contributed by atoms with E-state index in [0.717, 1.165) is 12.2 Å². The third kappa shape index (κ3) is 8.23. The maximum Gasteiger partial charge on any atom is 0.408 e. The van der Waals surface area contributed by atoms with Crippen LogP contribution in [0.4, 0.5) is 4.79 Å². The lowest BCUT2D eigenvalue weighted by Gasteiger charge is -2.26. The summed E-state index contributed by atoms with van der Waals surface area (Å²) in [5.74, 6) is 0.204. The van der Waals surface area contributed by atoms with Crippen molar-refractivity contribution in [3.05, 3.63) is 30.3 Å². The number of hydrogen-bond donors (Lipinski definition) is 1. The molecule has 0 saturated heterocycles. The van der Waals surface area contributed by atoms with E-state index in [-0.39, 0.29) is 6.10 Å². The molecule has 0 saturated carbocycles. The Balaban J connectivity index is 2.61. The highest BCUT2D eigenvalue weighted by molar-refractivity contribution is 5.81. The highest BCUT2D eigenvalue weighted by Crippen LogP contribution is 2.17. The van der Waals surface area contributed by atoms with Crippen LogP contribution in [0.3, 0.4) is 0 Å². The minimum Gasteiger partial charge on any atom is -0.487 e. The summed E-state index contributed by atoms with van der Waals surface area (Å²) in [5, 5.41) is 2.50. The summed E-state index contributed by atoms with van der Waals surface area (Å²) >= 11 is 0. The molecule has 1 N–H and O–H groups in total. The highest BCUT2D eigenvalue weighted by atomic mass is 16.6. The predicted molar refractivity (Wildman–Crippen MR) is 100 cm³/mol. The standard InChI is InChI=1S/C20H31NO5/c1-7-11-17(15(3)24-16-12-9-8-10-13-16)25-18(22)14(2)21-19(23)26-20(4,5)6/h8-10,12-15,17H,7,11H2,1-6H3,(H,21,23)/t14-,15+,17-/m0/s1. The Morgan fingerprint density at radius 3 is 2.27 bits per heavy atom. The van der Waals surface area contributed by atoms with Crippen molar-refractivity contribution in [1.29, 1.82) is 0 Å². The minimum atomic E-state index is -0.812. The first-order chi connectivity index (χ1) is 12.1. The quantitative estimate of drug-likeness (QED) is 0.703. The molecule has 146 valence electrons. The summed E-state index contributed by atoms with van der Waals surface area (Å²) in [7, 11) is 0. The van der Waals surface area contributed by atoms with Crippen LogP contribution < -0.4 is 10.1 Å². The van der Waals surface area contributed by atoms with Gasteiger partial charge in [-0.05, 0) is 53.2 Å². The largest absolute Gasteiger partial charge is 0.487 e. The van der Waals surface area contributed by atoms with Gasteiger partial charge in [-0.2, -0.15) is 0 Å². The molecular formula is C20H31NO5. The van der Waals surface area contributed by atoms with Gasteiger partial charge in [0.1, 0.15) is 29.6 Å². The normalized spacial score (nSPS) is 14.7. The molecule has 0 aliphatic carbocycles. The lowest BCUT2D eigenvalue weighted by molar-refractivity contribution is -0.156. The van der Waals surface area contributed by atoms with E-state index in [9.17, 15) is 9.59 Å². The zero-order valence-corrected chi connectivity index (χ0v) is 16.6. The van der Waals surface area contributed by atoms with Crippen LogP contribution >= 0.6 is 0 Å². The van der Waals surface area contributed by atoms with Gasteiger partial charge in [-0.25, -0.2) is 9.59 Å². The molecule has 26 heavy (non-hydrogen) atoms. The topological polar surface area (TPSA) is 73.9 Å². The van der Waals surface area contributed by atoms with Crippen molar-refractivity contribution in [3.63, 3.8) is 0 Å². The molecule has 0 radical (unpaired) electrons. The number of ether oxygens (including phenoxy) is 3. The molecule has 0 spiro atoms. The van der Waals surface area contributed by atoms with Crippen molar-refractivity contribution in [2.45, 2.75) is 78.2 Å². The minimum absolute atomic E-state index is 0.310. The predicted octanol–water partition coefficient (Wildman–Crippen LogP) is 4.08. The summed E-state index contributed by atoms with van der Waals surface area (Å²) in [6.07, 6.45) is 0.140. The van der Waals surface area contributed by atoms with E-state index in [4.69, 9.17) is 14.2 Å². The van der Waals surface area contributed by atoms with Gasteiger partial charge in [0.2, 0.25) is 0 Å². The zero-order valence-electron chi connectivity index (χ0n) is 16.6. The summed E-state index contributed by atoms with van der Waals surface area (Å²) in [5.41, 5.74) is -0.628. The molecule has 1 amide bonds. The lowest BCUT2D eigenvalue weighted by atomic mass is 10.1. The van der Waals surface area contributed by atoms with Gasteiger partial charge in [0.05, 0.1) is 0 Å². The Bertz CT molecular complexity index is 567. The molecular weight excluding hydrogens is 334 g/mol. The second-order valence-corrected chi connectivity index (χ2v) is 7.27. The van der Waals surface area contributed by atoms with Gasteiger partial charge >= 0.3 is 12.1 Å². The fourth-order valence-electron chi connectivity index (χ4n) is 2.26. The van der Waals surface area contributed by atoms with Gasteiger partial charge in [-0.1, -0.05) is 31.5 Å². The highest BCUT2D eigenvalue weighted by Gasteiger charge is 2.27. The molecule has 6 nitrogen and oxygen atoms in total. The van der Waals surface area contributed by atoms with Crippen molar-refractivity contribution in [3.8, 4) is 5.75 Å². The number of para-hydroxylation sites is 1. The van der Waals surface area contributed by atoms with Crippen LogP contribution in [0.2, 0.25) is 0 Å². The fraction of sp³-hybridized carbons (Fsp3) is 0.600. The van der Waals surface area contributed by atoms with E-state index < -0.39 is 29.8 Å². The molecule has 3 atom stereocenters. The number of carbonyl (C=O) groups excluding carboxylic acids is 2. The van der Waals surface area contributed by atoms with Crippen molar-refractivity contribution < 1.29 is 23.8 Å². The van der Waals surface area contributed by atoms with Crippen LogP contribution in [0.1, 0.15) is 54.4 Å². The molecule has 0 aliphatic rings. The molecule has 1 aromatic carbocycles. The number of benzene rings is 1. The molecule has 1 aromatic rings. The van der Waals surface area contributed by atoms with Crippen LogP contribution in [0.15, 0.2) is 30.3 Å². The molecule has 0 unspecified atom stereocenters. The van der Waals surface area contributed by atoms with E-state index in [1.54, 1.807) is 27.7 Å². The molecule has 6 heteroatoms. The maximum atomic E-state index is 12.3. The van der Waals surface area contributed by atoms with Crippen molar-refractivity contribution >= 4 is 12.1 Å². The lowest BCUT2D eigenvalue weighted by Crippen LogP contribution is -2.45. The summed E-state index contributed by atoms with van der Waals surface area (Å²) < 4.78 is 16.6. The van der Waals surface area contributed by atoms with Gasteiger partial charge in [0, 0.05) is 0 Å². The van der Waals surface area contributed by atoms with Crippen LogP contribution in [-0.2, 0) is 14.3 Å². The Kier molecular flexibility index (Phi) is 8.42. The Hall–Kier alpha value is -2.24. The number of rotatable bonds is 8. The number of amides is 1. The monoisotopic (exact) mass is 365 g/mol. The summed E-state index contributed by atoms with van der Waals surface area (Å²) in [6, 6.07) is 8.58. The Morgan fingerprint density at radius 1 is 1.12 bits per heavy atom. The van der Waals surface area contributed by atoms with Crippen molar-refractivity contribution in [2.24, 2.45) is 0 Å². The number of hydrogen-bond acceptors (Lipinski definition) is 5. The number of alkyl carbamates (subject to hydrolysis) is 1. The SMILES string of the molecule is CCC[C@H](OC(=O)[C@H](C)NC(=O)OC(C)(C)C)[C@@H](C)Oc1ccccc1. The van der Waals surface area contributed by atoms with E-state index in [1.165, 1.54) is 0 Å². The van der Waals surface area contributed by atoms with Gasteiger partial charge in [0.15, 0.2) is 0 Å². The van der Waals surface area contributed by atoms with Gasteiger partial charge in [-0.15, -0.1) is 0 Å². The van der Waals surface area contributed by atoms with E-state index in [0.29, 0.717) is 6.42 Å². The average Bonchev–Trinajstić information content (AvgIpc) is 2.53. The first-order valence-electron chi connectivity index (χ1n) is 9.04. The smallest absolute Gasteiger partial charge is 0.408 e. The van der Waals surface area contributed by atoms with E-state index in [1.807, 2.05) is 44.2 Å².